The SMILES string of the molecule is O=C(O)/C=C/C(=O)Nc1nc(-c2ccc(Cl)cc2)cs1. The molecule has 0 fully saturated rings. The smallest absolute Gasteiger partial charge is 0.328 e. The summed E-state index contributed by atoms with van der Waals surface area (Å²) in [7, 11) is 0. The minimum atomic E-state index is -1.18. The van der Waals surface area contributed by atoms with Crippen molar-refractivity contribution in [3.8, 4) is 11.3 Å². The fraction of sp³-hybridized carbons (Fsp3) is 0. The van der Waals surface area contributed by atoms with Gasteiger partial charge in [-0.05, 0) is 12.1 Å². The molecule has 2 rings (SSSR count). The molecule has 1 heterocycles. The zero-order valence-corrected chi connectivity index (χ0v) is 11.6. The van der Waals surface area contributed by atoms with Gasteiger partial charge in [-0.2, -0.15) is 0 Å². The quantitative estimate of drug-likeness (QED) is 0.851. The van der Waals surface area contributed by atoms with Gasteiger partial charge >= 0.3 is 5.97 Å². The van der Waals surface area contributed by atoms with Crippen LogP contribution in [0.3, 0.4) is 0 Å². The lowest BCUT2D eigenvalue weighted by molar-refractivity contribution is -0.131. The summed E-state index contributed by atoms with van der Waals surface area (Å²) in [6.45, 7) is 0. The maximum atomic E-state index is 11.4. The van der Waals surface area contributed by atoms with Gasteiger partial charge in [0.05, 0.1) is 5.69 Å². The van der Waals surface area contributed by atoms with Gasteiger partial charge in [0.1, 0.15) is 0 Å². The highest BCUT2D eigenvalue weighted by Gasteiger charge is 2.06. The molecule has 1 amide bonds. The van der Waals surface area contributed by atoms with E-state index in [0.29, 0.717) is 15.8 Å². The minimum absolute atomic E-state index is 0.398. The first-order chi connectivity index (χ1) is 9.54. The first kappa shape index (κ1) is 14.2. The van der Waals surface area contributed by atoms with Crippen LogP contribution in [0.25, 0.3) is 11.3 Å². The van der Waals surface area contributed by atoms with Crippen LogP contribution in [0.5, 0.6) is 0 Å². The lowest BCUT2D eigenvalue weighted by atomic mass is 10.2. The standard InChI is InChI=1S/C13H9ClN2O3S/c14-9-3-1-8(2-4-9)10-7-20-13(15-10)16-11(17)5-6-12(18)19/h1-7H,(H,18,19)(H,15,16,17)/b6-5+. The number of nitrogens with one attached hydrogen (secondary N) is 1. The second-order valence-electron chi connectivity index (χ2n) is 3.71. The summed E-state index contributed by atoms with van der Waals surface area (Å²) >= 11 is 7.06. The molecule has 0 radical (unpaired) electrons. The zero-order chi connectivity index (χ0) is 14.5. The number of carboxylic acids is 1. The molecular weight excluding hydrogens is 300 g/mol. The summed E-state index contributed by atoms with van der Waals surface area (Å²) in [5.41, 5.74) is 1.59. The van der Waals surface area contributed by atoms with Crippen molar-refractivity contribution in [1.82, 2.24) is 4.98 Å². The molecule has 0 saturated carbocycles. The van der Waals surface area contributed by atoms with E-state index >= 15 is 0 Å². The Bertz CT molecular complexity index is 665. The summed E-state index contributed by atoms with van der Waals surface area (Å²) in [4.78, 5) is 25.9. The molecule has 0 bridgehead atoms. The van der Waals surface area contributed by atoms with Gasteiger partial charge in [0.25, 0.3) is 0 Å². The average molecular weight is 309 g/mol. The van der Waals surface area contributed by atoms with Crippen molar-refractivity contribution >= 4 is 39.9 Å². The Labute approximate surface area is 123 Å². The largest absolute Gasteiger partial charge is 0.478 e. The Kier molecular flexibility index (Phi) is 4.49. The molecule has 0 atom stereocenters. The van der Waals surface area contributed by atoms with Crippen LogP contribution in [0.4, 0.5) is 5.13 Å². The molecule has 0 spiro atoms. The number of halogens is 1. The van der Waals surface area contributed by atoms with Crippen molar-refractivity contribution in [1.29, 1.82) is 0 Å². The molecule has 7 heteroatoms. The van der Waals surface area contributed by atoms with Crippen molar-refractivity contribution in [3.05, 3.63) is 46.8 Å². The van der Waals surface area contributed by atoms with Gasteiger partial charge < -0.3 is 5.11 Å². The number of carbonyl (C=O) groups excluding carboxylic acids is 1. The Morgan fingerprint density at radius 1 is 1.25 bits per heavy atom. The number of benzene rings is 1. The number of thiazole rings is 1. The van der Waals surface area contributed by atoms with Crippen LogP contribution in [0.2, 0.25) is 5.02 Å². The number of carboxylic acid groups (broad SMARTS) is 1. The van der Waals surface area contributed by atoms with E-state index in [2.05, 4.69) is 10.3 Å². The molecule has 0 aliphatic carbocycles. The molecule has 0 aliphatic heterocycles. The van der Waals surface area contributed by atoms with Gasteiger partial charge in [-0.1, -0.05) is 23.7 Å². The Balaban J connectivity index is 2.07. The molecule has 0 aliphatic rings. The van der Waals surface area contributed by atoms with Crippen LogP contribution < -0.4 is 5.32 Å². The second kappa shape index (κ2) is 6.31. The molecule has 20 heavy (non-hydrogen) atoms. The van der Waals surface area contributed by atoms with Gasteiger partial charge in [0.15, 0.2) is 5.13 Å². The summed E-state index contributed by atoms with van der Waals surface area (Å²) < 4.78 is 0. The number of aliphatic carboxylic acids is 1. The zero-order valence-electron chi connectivity index (χ0n) is 10.0. The first-order valence-corrected chi connectivity index (χ1v) is 6.74. The van der Waals surface area contributed by atoms with Gasteiger partial charge in [0.2, 0.25) is 5.91 Å². The van der Waals surface area contributed by atoms with E-state index in [4.69, 9.17) is 16.7 Å². The molecule has 5 nitrogen and oxygen atoms in total. The van der Waals surface area contributed by atoms with Gasteiger partial charge in [-0.3, -0.25) is 10.1 Å². The van der Waals surface area contributed by atoms with Crippen molar-refractivity contribution < 1.29 is 14.7 Å². The number of rotatable bonds is 4. The average Bonchev–Trinajstić information content (AvgIpc) is 2.85. The Morgan fingerprint density at radius 3 is 2.60 bits per heavy atom. The van der Waals surface area contributed by atoms with Crippen LogP contribution in [-0.2, 0) is 9.59 Å². The number of anilines is 1. The van der Waals surface area contributed by atoms with E-state index in [9.17, 15) is 9.59 Å². The van der Waals surface area contributed by atoms with Crippen LogP contribution in [0.15, 0.2) is 41.8 Å². The van der Waals surface area contributed by atoms with Crippen LogP contribution >= 0.6 is 22.9 Å². The minimum Gasteiger partial charge on any atom is -0.478 e. The second-order valence-corrected chi connectivity index (χ2v) is 5.00. The third-order valence-corrected chi connectivity index (χ3v) is 3.26. The van der Waals surface area contributed by atoms with Crippen LogP contribution in [0.1, 0.15) is 0 Å². The highest BCUT2D eigenvalue weighted by molar-refractivity contribution is 7.14. The van der Waals surface area contributed by atoms with E-state index in [1.807, 2.05) is 12.1 Å². The Hall–Kier alpha value is -2.18. The maximum Gasteiger partial charge on any atom is 0.328 e. The van der Waals surface area contributed by atoms with Gasteiger partial charge in [-0.25, -0.2) is 9.78 Å². The number of carbonyl (C=O) groups is 2. The molecule has 2 N–H and O–H groups in total. The van der Waals surface area contributed by atoms with Gasteiger partial charge in [-0.15, -0.1) is 11.3 Å². The fourth-order valence-corrected chi connectivity index (χ4v) is 2.23. The third kappa shape index (κ3) is 3.91. The van der Waals surface area contributed by atoms with Gasteiger partial charge in [0, 0.05) is 28.1 Å². The summed E-state index contributed by atoms with van der Waals surface area (Å²) in [6.07, 6.45) is 1.70. The normalized spacial score (nSPS) is 10.7. The predicted molar refractivity (Wildman–Crippen MR) is 78.0 cm³/mol. The maximum absolute atomic E-state index is 11.4. The number of amides is 1. The summed E-state index contributed by atoms with van der Waals surface area (Å²) in [5.74, 6) is -1.72. The number of hydrogen-bond donors (Lipinski definition) is 2. The van der Waals surface area contributed by atoms with E-state index in [0.717, 1.165) is 17.7 Å². The summed E-state index contributed by atoms with van der Waals surface area (Å²) in [6, 6.07) is 7.16. The topological polar surface area (TPSA) is 79.3 Å². The Morgan fingerprint density at radius 2 is 1.95 bits per heavy atom. The lowest BCUT2D eigenvalue weighted by Crippen LogP contribution is -2.08. The van der Waals surface area contributed by atoms with E-state index in [-0.39, 0.29) is 0 Å². The van der Waals surface area contributed by atoms with Crippen molar-refractivity contribution in [3.63, 3.8) is 0 Å². The van der Waals surface area contributed by atoms with Crippen LogP contribution in [-0.4, -0.2) is 22.0 Å². The number of nitrogens with zero attached hydrogens (tertiary/aromatic N) is 1. The summed E-state index contributed by atoms with van der Waals surface area (Å²) in [5, 5.41) is 13.7. The molecule has 0 unspecified atom stereocenters. The van der Waals surface area contributed by atoms with E-state index in [1.54, 1.807) is 17.5 Å². The van der Waals surface area contributed by atoms with E-state index in [1.165, 1.54) is 11.3 Å². The molecule has 1 aromatic carbocycles. The van der Waals surface area contributed by atoms with Crippen molar-refractivity contribution in [2.75, 3.05) is 5.32 Å². The van der Waals surface area contributed by atoms with Crippen molar-refractivity contribution in [2.24, 2.45) is 0 Å². The fourth-order valence-electron chi connectivity index (χ4n) is 1.38. The first-order valence-electron chi connectivity index (χ1n) is 5.48. The molecular formula is C13H9ClN2O3S. The molecule has 102 valence electrons. The molecule has 1 aromatic heterocycles. The lowest BCUT2D eigenvalue weighted by Gasteiger charge is -1.97. The number of aromatic nitrogens is 1. The molecule has 0 saturated heterocycles. The van der Waals surface area contributed by atoms with E-state index < -0.39 is 11.9 Å². The monoisotopic (exact) mass is 308 g/mol. The molecule has 2 aromatic rings. The predicted octanol–water partition coefficient (Wildman–Crippen LogP) is 3.04. The van der Waals surface area contributed by atoms with Crippen molar-refractivity contribution in [2.45, 2.75) is 0 Å². The number of hydrogen-bond acceptors (Lipinski definition) is 4. The van der Waals surface area contributed by atoms with Crippen LogP contribution in [0, 0.1) is 0 Å². The third-order valence-electron chi connectivity index (χ3n) is 2.25. The highest BCUT2D eigenvalue weighted by atomic mass is 35.5. The highest BCUT2D eigenvalue weighted by Crippen LogP contribution is 2.25.